The van der Waals surface area contributed by atoms with Crippen molar-refractivity contribution in [2.45, 2.75) is 51.2 Å². The minimum Gasteiger partial charge on any atom is -0.459 e. The van der Waals surface area contributed by atoms with Gasteiger partial charge in [0.15, 0.2) is 5.76 Å². The van der Waals surface area contributed by atoms with Crippen molar-refractivity contribution in [2.75, 3.05) is 52.4 Å². The lowest BCUT2D eigenvalue weighted by molar-refractivity contribution is -0.132. The van der Waals surface area contributed by atoms with Crippen molar-refractivity contribution in [3.05, 3.63) is 24.2 Å². The van der Waals surface area contributed by atoms with E-state index in [4.69, 9.17) is 9.15 Å². The van der Waals surface area contributed by atoms with Crippen LogP contribution in [-0.2, 0) is 4.74 Å². The van der Waals surface area contributed by atoms with E-state index in [1.54, 1.807) is 18.4 Å². The first-order valence-electron chi connectivity index (χ1n) is 11.0. The molecule has 0 saturated carbocycles. The van der Waals surface area contributed by atoms with Crippen LogP contribution in [0.5, 0.6) is 0 Å². The third-order valence-corrected chi connectivity index (χ3v) is 6.71. The van der Waals surface area contributed by atoms with Gasteiger partial charge in [-0.1, -0.05) is 13.8 Å². The monoisotopic (exact) mass is 389 g/mol. The Balaban J connectivity index is 1.29. The lowest BCUT2D eigenvalue weighted by atomic mass is 9.81. The molecule has 4 heterocycles. The molecule has 3 fully saturated rings. The van der Waals surface area contributed by atoms with E-state index in [-0.39, 0.29) is 11.5 Å². The molecule has 1 aromatic rings. The maximum atomic E-state index is 12.5. The second-order valence-corrected chi connectivity index (χ2v) is 9.18. The van der Waals surface area contributed by atoms with E-state index in [1.165, 1.54) is 32.7 Å². The Morgan fingerprint density at radius 3 is 2.57 bits per heavy atom. The fourth-order valence-corrected chi connectivity index (χ4v) is 5.16. The fourth-order valence-electron chi connectivity index (χ4n) is 5.16. The van der Waals surface area contributed by atoms with E-state index in [1.807, 2.05) is 4.90 Å². The molecule has 3 saturated heterocycles. The van der Waals surface area contributed by atoms with Crippen LogP contribution in [0.25, 0.3) is 0 Å². The molecule has 3 aliphatic heterocycles. The summed E-state index contributed by atoms with van der Waals surface area (Å²) in [5, 5.41) is 0. The molecule has 3 aliphatic rings. The first kappa shape index (κ1) is 19.9. The molecular weight excluding hydrogens is 354 g/mol. The molecule has 0 aromatic carbocycles. The van der Waals surface area contributed by atoms with Crippen LogP contribution in [-0.4, -0.2) is 84.7 Å². The number of rotatable bonds is 4. The number of furan rings is 1. The molecule has 1 amide bonds. The molecule has 1 aromatic heterocycles. The van der Waals surface area contributed by atoms with Crippen LogP contribution in [0, 0.1) is 5.92 Å². The first-order valence-corrected chi connectivity index (χ1v) is 11.0. The number of hydrogen-bond acceptors (Lipinski definition) is 5. The second kappa shape index (κ2) is 8.56. The predicted octanol–water partition coefficient (Wildman–Crippen LogP) is 2.71. The first-order chi connectivity index (χ1) is 13.5. The highest BCUT2D eigenvalue weighted by molar-refractivity contribution is 5.91. The predicted molar refractivity (Wildman–Crippen MR) is 108 cm³/mol. The summed E-state index contributed by atoms with van der Waals surface area (Å²) in [5.41, 5.74) is -0.0437. The van der Waals surface area contributed by atoms with Crippen LogP contribution < -0.4 is 0 Å². The molecule has 156 valence electrons. The van der Waals surface area contributed by atoms with Gasteiger partial charge in [0.1, 0.15) is 0 Å². The minimum absolute atomic E-state index is 0.00786. The standard InChI is InChI=1S/C22H35N3O3/c1-18(2)17-23-10-12-24(13-11-23)19-5-15-28-22(16-19)6-8-25(9-7-22)21(26)20-4-3-14-27-20/h3-4,14,18-19H,5-13,15-17H2,1-2H3/t19-/m0/s1. The zero-order valence-electron chi connectivity index (χ0n) is 17.4. The van der Waals surface area contributed by atoms with Gasteiger partial charge in [-0.25, -0.2) is 0 Å². The minimum atomic E-state index is -0.0437. The van der Waals surface area contributed by atoms with Crippen molar-refractivity contribution in [3.63, 3.8) is 0 Å². The van der Waals surface area contributed by atoms with Gasteiger partial charge >= 0.3 is 0 Å². The quantitative estimate of drug-likeness (QED) is 0.792. The fraction of sp³-hybridized carbons (Fsp3) is 0.773. The van der Waals surface area contributed by atoms with E-state index in [0.717, 1.165) is 51.3 Å². The molecule has 0 N–H and O–H groups in total. The normalized spacial score (nSPS) is 26.8. The summed E-state index contributed by atoms with van der Waals surface area (Å²) in [4.78, 5) is 19.7. The van der Waals surface area contributed by atoms with Gasteiger partial charge in [0.05, 0.1) is 11.9 Å². The third-order valence-electron chi connectivity index (χ3n) is 6.71. The Hall–Kier alpha value is -1.37. The summed E-state index contributed by atoms with van der Waals surface area (Å²) in [6.07, 6.45) is 5.68. The van der Waals surface area contributed by atoms with Gasteiger partial charge in [0, 0.05) is 58.5 Å². The van der Waals surface area contributed by atoms with Crippen molar-refractivity contribution in [2.24, 2.45) is 5.92 Å². The van der Waals surface area contributed by atoms with Crippen LogP contribution in [0.15, 0.2) is 22.8 Å². The smallest absolute Gasteiger partial charge is 0.289 e. The Morgan fingerprint density at radius 2 is 1.93 bits per heavy atom. The summed E-state index contributed by atoms with van der Waals surface area (Å²) < 4.78 is 11.6. The van der Waals surface area contributed by atoms with Gasteiger partial charge in [-0.3, -0.25) is 9.69 Å². The summed E-state index contributed by atoms with van der Waals surface area (Å²) in [7, 11) is 0. The number of nitrogens with zero attached hydrogens (tertiary/aromatic N) is 3. The number of likely N-dealkylation sites (tertiary alicyclic amines) is 1. The van der Waals surface area contributed by atoms with Crippen LogP contribution in [0.3, 0.4) is 0 Å². The molecule has 28 heavy (non-hydrogen) atoms. The average Bonchev–Trinajstić information content (AvgIpc) is 3.23. The van der Waals surface area contributed by atoms with E-state index in [0.29, 0.717) is 11.8 Å². The number of piperidine rings is 1. The van der Waals surface area contributed by atoms with Gasteiger partial charge in [-0.15, -0.1) is 0 Å². The topological polar surface area (TPSA) is 49.2 Å². The van der Waals surface area contributed by atoms with Crippen molar-refractivity contribution in [1.82, 2.24) is 14.7 Å². The number of hydrogen-bond donors (Lipinski definition) is 0. The SMILES string of the molecule is CC(C)CN1CCN([C@H]2CCOC3(CCN(C(=O)c4ccco4)CC3)C2)CC1. The summed E-state index contributed by atoms with van der Waals surface area (Å²) in [5.74, 6) is 1.19. The van der Waals surface area contributed by atoms with Gasteiger partial charge in [-0.05, 0) is 43.7 Å². The van der Waals surface area contributed by atoms with Crippen molar-refractivity contribution in [3.8, 4) is 0 Å². The molecule has 4 rings (SSSR count). The summed E-state index contributed by atoms with van der Waals surface area (Å²) in [6, 6.07) is 4.15. The molecule has 0 radical (unpaired) electrons. The molecule has 0 bridgehead atoms. The molecule has 0 unspecified atom stereocenters. The number of carbonyl (C=O) groups is 1. The molecule has 1 atom stereocenters. The lowest BCUT2D eigenvalue weighted by Crippen LogP contribution is -2.57. The van der Waals surface area contributed by atoms with Gasteiger partial charge in [-0.2, -0.15) is 0 Å². The molecule has 1 spiro atoms. The second-order valence-electron chi connectivity index (χ2n) is 9.18. The van der Waals surface area contributed by atoms with E-state index in [9.17, 15) is 4.79 Å². The average molecular weight is 390 g/mol. The van der Waals surface area contributed by atoms with Gasteiger partial charge < -0.3 is 19.0 Å². The Bertz CT molecular complexity index is 629. The highest BCUT2D eigenvalue weighted by atomic mass is 16.5. The summed E-state index contributed by atoms with van der Waals surface area (Å²) in [6.45, 7) is 12.9. The van der Waals surface area contributed by atoms with Crippen LogP contribution >= 0.6 is 0 Å². The number of ether oxygens (including phenoxy) is 1. The van der Waals surface area contributed by atoms with Crippen LogP contribution in [0.2, 0.25) is 0 Å². The van der Waals surface area contributed by atoms with Crippen molar-refractivity contribution in [1.29, 1.82) is 0 Å². The maximum Gasteiger partial charge on any atom is 0.289 e. The van der Waals surface area contributed by atoms with E-state index < -0.39 is 0 Å². The Kier molecular flexibility index (Phi) is 6.09. The highest BCUT2D eigenvalue weighted by Crippen LogP contribution is 2.37. The Labute approximate surface area is 168 Å². The molecule has 0 aliphatic carbocycles. The van der Waals surface area contributed by atoms with Crippen LogP contribution in [0.1, 0.15) is 50.1 Å². The third kappa shape index (κ3) is 4.44. The molecule has 6 heteroatoms. The van der Waals surface area contributed by atoms with Crippen molar-refractivity contribution >= 4 is 5.91 Å². The zero-order chi connectivity index (χ0) is 19.6. The maximum absolute atomic E-state index is 12.5. The number of carbonyl (C=O) groups excluding carboxylic acids is 1. The Morgan fingerprint density at radius 1 is 1.18 bits per heavy atom. The number of piperazine rings is 1. The van der Waals surface area contributed by atoms with E-state index in [2.05, 4.69) is 23.6 Å². The molecule has 6 nitrogen and oxygen atoms in total. The van der Waals surface area contributed by atoms with E-state index >= 15 is 0 Å². The zero-order valence-corrected chi connectivity index (χ0v) is 17.4. The summed E-state index contributed by atoms with van der Waals surface area (Å²) >= 11 is 0. The molecular formula is C22H35N3O3. The lowest BCUT2D eigenvalue weighted by Gasteiger charge is -2.49. The van der Waals surface area contributed by atoms with Crippen LogP contribution in [0.4, 0.5) is 0 Å². The van der Waals surface area contributed by atoms with Crippen molar-refractivity contribution < 1.29 is 13.9 Å². The largest absolute Gasteiger partial charge is 0.459 e. The number of amides is 1. The highest BCUT2D eigenvalue weighted by Gasteiger charge is 2.43. The van der Waals surface area contributed by atoms with Gasteiger partial charge in [0.2, 0.25) is 0 Å². The van der Waals surface area contributed by atoms with Gasteiger partial charge in [0.25, 0.3) is 5.91 Å².